The topological polar surface area (TPSA) is 78.9 Å². The molecule has 0 unspecified atom stereocenters. The minimum Gasteiger partial charge on any atom is -0.387 e. The molecule has 32 heavy (non-hydrogen) atoms. The minimum atomic E-state index is -1.43. The summed E-state index contributed by atoms with van der Waals surface area (Å²) in [6, 6.07) is 18.0. The predicted octanol–water partition coefficient (Wildman–Crippen LogP) is 3.96. The molecular weight excluding hydrogens is 398 g/mol. The largest absolute Gasteiger partial charge is 0.387 e. The molecule has 4 rings (SSSR count). The zero-order valence-electron chi connectivity index (χ0n) is 19.0. The van der Waals surface area contributed by atoms with Crippen LogP contribution in [-0.2, 0) is 16.8 Å². The van der Waals surface area contributed by atoms with Gasteiger partial charge in [-0.1, -0.05) is 73.0 Å². The number of aliphatic hydroxyl groups is 1. The molecule has 1 saturated carbocycles. The SMILES string of the molecule is Cc1ccc(CC(N)=NC2CCN(C(=O)[C@](O)(c3ccccc3)C3CCCC3)CC2)cc1. The lowest BCUT2D eigenvalue weighted by Gasteiger charge is -2.40. The van der Waals surface area contributed by atoms with Gasteiger partial charge in [-0.3, -0.25) is 9.79 Å². The first kappa shape index (κ1) is 22.5. The first-order chi connectivity index (χ1) is 15.5. The summed E-state index contributed by atoms with van der Waals surface area (Å²) >= 11 is 0. The summed E-state index contributed by atoms with van der Waals surface area (Å²) < 4.78 is 0. The standard InChI is InChI=1S/C27H35N3O2/c1-20-11-13-21(14-12-20)19-25(28)29-24-15-17-30(18-16-24)26(31)27(32,23-9-5-6-10-23)22-7-3-2-4-8-22/h2-4,7-8,11-14,23-24,32H,5-6,9-10,15-19H2,1H3,(H2,28,29)/t27-/m0/s1. The average Bonchev–Trinajstić information content (AvgIpc) is 3.36. The van der Waals surface area contributed by atoms with Gasteiger partial charge in [0.25, 0.3) is 5.91 Å². The third kappa shape index (κ3) is 4.88. The molecule has 2 aromatic carbocycles. The van der Waals surface area contributed by atoms with Gasteiger partial charge in [-0.15, -0.1) is 0 Å². The molecule has 3 N–H and O–H groups in total. The quantitative estimate of drug-likeness (QED) is 0.535. The van der Waals surface area contributed by atoms with Gasteiger partial charge in [-0.05, 0) is 43.7 Å². The number of aryl methyl sites for hydroxylation is 1. The van der Waals surface area contributed by atoms with Gasteiger partial charge in [-0.25, -0.2) is 0 Å². The summed E-state index contributed by atoms with van der Waals surface area (Å²) in [7, 11) is 0. The van der Waals surface area contributed by atoms with E-state index in [2.05, 4.69) is 31.2 Å². The Labute approximate surface area is 191 Å². The summed E-state index contributed by atoms with van der Waals surface area (Å²) in [4.78, 5) is 20.2. The fourth-order valence-electron chi connectivity index (χ4n) is 5.20. The van der Waals surface area contributed by atoms with E-state index in [1.54, 1.807) is 0 Å². The Morgan fingerprint density at radius 2 is 1.66 bits per heavy atom. The molecule has 1 aliphatic carbocycles. The molecule has 1 saturated heterocycles. The maximum absolute atomic E-state index is 13.6. The second kappa shape index (κ2) is 9.86. The first-order valence-corrected chi connectivity index (χ1v) is 11.9. The number of nitrogens with two attached hydrogens (primary N) is 1. The summed E-state index contributed by atoms with van der Waals surface area (Å²) in [5.41, 5.74) is 7.91. The lowest BCUT2D eigenvalue weighted by molar-refractivity contribution is -0.160. The Morgan fingerprint density at radius 1 is 1.03 bits per heavy atom. The molecule has 1 aliphatic heterocycles. The number of amides is 1. The Morgan fingerprint density at radius 3 is 2.28 bits per heavy atom. The van der Waals surface area contributed by atoms with Crippen LogP contribution in [-0.4, -0.2) is 40.9 Å². The number of benzene rings is 2. The normalized spacial score (nSPS) is 20.3. The predicted molar refractivity (Wildman–Crippen MR) is 128 cm³/mol. The van der Waals surface area contributed by atoms with Crippen molar-refractivity contribution >= 4 is 11.7 Å². The highest BCUT2D eigenvalue weighted by molar-refractivity contribution is 5.87. The number of hydrogen-bond donors (Lipinski definition) is 2. The summed E-state index contributed by atoms with van der Waals surface area (Å²) in [5.74, 6) is 0.481. The van der Waals surface area contributed by atoms with E-state index in [9.17, 15) is 9.90 Å². The summed E-state index contributed by atoms with van der Waals surface area (Å²) in [5, 5.41) is 11.8. The van der Waals surface area contributed by atoms with Crippen molar-refractivity contribution in [1.29, 1.82) is 0 Å². The van der Waals surface area contributed by atoms with Gasteiger partial charge >= 0.3 is 0 Å². The molecule has 2 aromatic rings. The second-order valence-electron chi connectivity index (χ2n) is 9.42. The van der Waals surface area contributed by atoms with Crippen molar-refractivity contribution in [3.63, 3.8) is 0 Å². The first-order valence-electron chi connectivity index (χ1n) is 11.9. The maximum atomic E-state index is 13.6. The highest BCUT2D eigenvalue weighted by Gasteiger charge is 2.48. The molecule has 1 heterocycles. The van der Waals surface area contributed by atoms with Crippen molar-refractivity contribution in [2.24, 2.45) is 16.6 Å². The van der Waals surface area contributed by atoms with Crippen LogP contribution in [0, 0.1) is 12.8 Å². The molecule has 2 fully saturated rings. The van der Waals surface area contributed by atoms with Gasteiger partial charge in [0, 0.05) is 25.4 Å². The summed E-state index contributed by atoms with van der Waals surface area (Å²) in [6.45, 7) is 3.28. The molecule has 170 valence electrons. The molecule has 2 aliphatic rings. The second-order valence-corrected chi connectivity index (χ2v) is 9.42. The van der Waals surface area contributed by atoms with Gasteiger partial charge in [0.15, 0.2) is 5.60 Å². The highest BCUT2D eigenvalue weighted by atomic mass is 16.3. The van der Waals surface area contributed by atoms with Gasteiger partial charge in [0.2, 0.25) is 0 Å². The zero-order chi connectivity index (χ0) is 22.6. The average molecular weight is 434 g/mol. The van der Waals surface area contributed by atoms with Gasteiger partial charge in [0.1, 0.15) is 0 Å². The Bertz CT molecular complexity index is 927. The number of carbonyl (C=O) groups is 1. The van der Waals surface area contributed by atoms with Gasteiger partial charge in [0.05, 0.1) is 11.9 Å². The van der Waals surface area contributed by atoms with Crippen molar-refractivity contribution < 1.29 is 9.90 Å². The molecule has 0 radical (unpaired) electrons. The third-order valence-electron chi connectivity index (χ3n) is 7.09. The van der Waals surface area contributed by atoms with E-state index in [1.165, 1.54) is 5.56 Å². The van der Waals surface area contributed by atoms with E-state index < -0.39 is 5.60 Å². The number of amidine groups is 1. The van der Waals surface area contributed by atoms with Crippen LogP contribution in [0.2, 0.25) is 0 Å². The van der Waals surface area contributed by atoms with Crippen molar-refractivity contribution in [2.75, 3.05) is 13.1 Å². The number of carbonyl (C=O) groups excluding carboxylic acids is 1. The van der Waals surface area contributed by atoms with Crippen LogP contribution >= 0.6 is 0 Å². The van der Waals surface area contributed by atoms with Crippen molar-refractivity contribution in [3.8, 4) is 0 Å². The fourth-order valence-corrected chi connectivity index (χ4v) is 5.20. The van der Waals surface area contributed by atoms with Crippen LogP contribution in [0.15, 0.2) is 59.6 Å². The maximum Gasteiger partial charge on any atom is 0.259 e. The monoisotopic (exact) mass is 433 g/mol. The van der Waals surface area contributed by atoms with E-state index in [-0.39, 0.29) is 17.9 Å². The highest BCUT2D eigenvalue weighted by Crippen LogP contribution is 2.42. The molecule has 5 nitrogen and oxygen atoms in total. The molecule has 1 atom stereocenters. The van der Waals surface area contributed by atoms with Gasteiger partial charge < -0.3 is 15.7 Å². The zero-order valence-corrected chi connectivity index (χ0v) is 19.0. The van der Waals surface area contributed by atoms with E-state index >= 15 is 0 Å². The van der Waals surface area contributed by atoms with E-state index in [0.29, 0.717) is 25.3 Å². The molecule has 0 aromatic heterocycles. The van der Waals surface area contributed by atoms with Crippen LogP contribution < -0.4 is 5.73 Å². The van der Waals surface area contributed by atoms with Crippen LogP contribution in [0.25, 0.3) is 0 Å². The Kier molecular flexibility index (Phi) is 6.95. The Balaban J connectivity index is 1.41. The third-order valence-corrected chi connectivity index (χ3v) is 7.09. The number of hydrogen-bond acceptors (Lipinski definition) is 3. The van der Waals surface area contributed by atoms with E-state index in [0.717, 1.165) is 49.7 Å². The van der Waals surface area contributed by atoms with Crippen molar-refractivity contribution in [1.82, 2.24) is 4.90 Å². The molecule has 5 heteroatoms. The summed E-state index contributed by atoms with van der Waals surface area (Å²) in [6.07, 6.45) is 6.13. The lowest BCUT2D eigenvalue weighted by atomic mass is 9.78. The van der Waals surface area contributed by atoms with Crippen LogP contribution in [0.4, 0.5) is 0 Å². The smallest absolute Gasteiger partial charge is 0.259 e. The fraction of sp³-hybridized carbons (Fsp3) is 0.481. The van der Waals surface area contributed by atoms with Crippen molar-refractivity contribution in [2.45, 2.75) is 63.5 Å². The van der Waals surface area contributed by atoms with Gasteiger partial charge in [-0.2, -0.15) is 0 Å². The molecular formula is C27H35N3O2. The number of likely N-dealkylation sites (tertiary alicyclic amines) is 1. The number of rotatable bonds is 6. The van der Waals surface area contributed by atoms with Crippen LogP contribution in [0.1, 0.15) is 55.2 Å². The number of aliphatic imine (C=N–C) groups is 1. The lowest BCUT2D eigenvalue weighted by Crippen LogP contribution is -2.53. The van der Waals surface area contributed by atoms with Crippen LogP contribution in [0.3, 0.4) is 0 Å². The number of piperidine rings is 1. The molecule has 0 bridgehead atoms. The number of nitrogens with zero attached hydrogens (tertiary/aromatic N) is 2. The van der Waals surface area contributed by atoms with E-state index in [1.807, 2.05) is 35.2 Å². The van der Waals surface area contributed by atoms with Crippen LogP contribution in [0.5, 0.6) is 0 Å². The molecule has 0 spiro atoms. The minimum absolute atomic E-state index is 0.0155. The Hall–Kier alpha value is -2.66. The molecule has 1 amide bonds. The van der Waals surface area contributed by atoms with Crippen molar-refractivity contribution in [3.05, 3.63) is 71.3 Å². The van der Waals surface area contributed by atoms with E-state index in [4.69, 9.17) is 10.7 Å².